The first kappa shape index (κ1) is 19.3. The Morgan fingerprint density at radius 3 is 2.81 bits per heavy atom. The van der Waals surface area contributed by atoms with Crippen LogP contribution in [-0.4, -0.2) is 59.7 Å². The Kier molecular flexibility index (Phi) is 5.50. The lowest BCUT2D eigenvalue weighted by Crippen LogP contribution is -2.50. The molecule has 8 nitrogen and oxygen atoms in total. The summed E-state index contributed by atoms with van der Waals surface area (Å²) in [5.74, 6) is -2.17. The zero-order valence-corrected chi connectivity index (χ0v) is 15.5. The molecule has 1 saturated heterocycles. The number of aromatic amines is 1. The molecule has 2 heterocycles. The molecule has 1 aromatic heterocycles. The molecule has 8 heteroatoms. The van der Waals surface area contributed by atoms with E-state index in [0.717, 1.165) is 16.5 Å². The van der Waals surface area contributed by atoms with E-state index in [9.17, 15) is 14.7 Å². The van der Waals surface area contributed by atoms with E-state index in [4.69, 9.17) is 14.2 Å². The number of amides is 1. The molecule has 1 aliphatic heterocycles. The van der Waals surface area contributed by atoms with Gasteiger partial charge in [-0.15, -0.1) is 0 Å². The molecule has 1 amide bonds. The lowest BCUT2D eigenvalue weighted by molar-refractivity contribution is -0.160. The molecule has 27 heavy (non-hydrogen) atoms. The summed E-state index contributed by atoms with van der Waals surface area (Å²) in [6.07, 6.45) is -0.240. The first-order valence-corrected chi connectivity index (χ1v) is 8.74. The highest BCUT2D eigenvalue weighted by Crippen LogP contribution is 2.24. The van der Waals surface area contributed by atoms with Crippen molar-refractivity contribution in [1.82, 2.24) is 10.3 Å². The maximum absolute atomic E-state index is 12.5. The van der Waals surface area contributed by atoms with Crippen molar-refractivity contribution >= 4 is 22.8 Å². The summed E-state index contributed by atoms with van der Waals surface area (Å²) in [5, 5.41) is 13.8. The van der Waals surface area contributed by atoms with Crippen LogP contribution >= 0.6 is 0 Å². The third-order valence-corrected chi connectivity index (χ3v) is 4.55. The van der Waals surface area contributed by atoms with Gasteiger partial charge in [0.2, 0.25) is 0 Å². The van der Waals surface area contributed by atoms with Gasteiger partial charge in [-0.05, 0) is 25.5 Å². The molecule has 3 atom stereocenters. The quantitative estimate of drug-likeness (QED) is 0.646. The van der Waals surface area contributed by atoms with Crippen LogP contribution in [0.25, 0.3) is 10.9 Å². The number of methoxy groups -OCH3 is 1. The van der Waals surface area contributed by atoms with Crippen molar-refractivity contribution in [2.45, 2.75) is 44.3 Å². The van der Waals surface area contributed by atoms with Gasteiger partial charge in [-0.1, -0.05) is 18.2 Å². The standard InChI is InChI=1S/C19H24N2O6/c1-19(2)26-10-15(27-19)16(22)17(23)21-14(18(24)25-3)8-11-9-20-13-7-5-4-6-12(11)13/h4-7,9,14-16,20,22H,8,10H2,1-3H3,(H,21,23)/t14-,15+,16-/m1/s1. The average Bonchev–Trinajstić information content (AvgIpc) is 3.22. The molecule has 1 aromatic carbocycles. The maximum atomic E-state index is 12.5. The number of aliphatic hydroxyl groups is 1. The number of hydrogen-bond donors (Lipinski definition) is 3. The molecular formula is C19H24N2O6. The van der Waals surface area contributed by atoms with Crippen molar-refractivity contribution in [3.63, 3.8) is 0 Å². The van der Waals surface area contributed by atoms with Crippen LogP contribution < -0.4 is 5.32 Å². The third-order valence-electron chi connectivity index (χ3n) is 4.55. The fourth-order valence-electron chi connectivity index (χ4n) is 3.15. The number of rotatable bonds is 6. The van der Waals surface area contributed by atoms with Gasteiger partial charge in [0, 0.05) is 23.5 Å². The van der Waals surface area contributed by atoms with Gasteiger partial charge in [-0.2, -0.15) is 0 Å². The number of ether oxygens (including phenoxy) is 3. The molecule has 146 valence electrons. The van der Waals surface area contributed by atoms with E-state index >= 15 is 0 Å². The van der Waals surface area contributed by atoms with Crippen LogP contribution in [0.5, 0.6) is 0 Å². The minimum atomic E-state index is -1.46. The molecular weight excluding hydrogens is 352 g/mol. The molecule has 3 rings (SSSR count). The molecule has 0 radical (unpaired) electrons. The van der Waals surface area contributed by atoms with Gasteiger partial charge in [0.05, 0.1) is 13.7 Å². The fourth-order valence-corrected chi connectivity index (χ4v) is 3.15. The highest BCUT2D eigenvalue weighted by Gasteiger charge is 2.40. The van der Waals surface area contributed by atoms with E-state index in [1.54, 1.807) is 20.0 Å². The lowest BCUT2D eigenvalue weighted by Gasteiger charge is -2.22. The van der Waals surface area contributed by atoms with Crippen molar-refractivity contribution in [3.05, 3.63) is 36.0 Å². The molecule has 2 aromatic rings. The van der Waals surface area contributed by atoms with E-state index in [0.29, 0.717) is 0 Å². The second kappa shape index (κ2) is 7.67. The highest BCUT2D eigenvalue weighted by molar-refractivity contribution is 5.89. The summed E-state index contributed by atoms with van der Waals surface area (Å²) in [4.78, 5) is 27.8. The smallest absolute Gasteiger partial charge is 0.328 e. The summed E-state index contributed by atoms with van der Waals surface area (Å²) < 4.78 is 15.7. The first-order chi connectivity index (χ1) is 12.8. The summed E-state index contributed by atoms with van der Waals surface area (Å²) in [5.41, 5.74) is 1.79. The van der Waals surface area contributed by atoms with Crippen LogP contribution in [-0.2, 0) is 30.2 Å². The zero-order valence-electron chi connectivity index (χ0n) is 15.5. The zero-order chi connectivity index (χ0) is 19.6. The van der Waals surface area contributed by atoms with Gasteiger partial charge in [0.1, 0.15) is 12.1 Å². The van der Waals surface area contributed by atoms with E-state index in [1.807, 2.05) is 24.3 Å². The van der Waals surface area contributed by atoms with E-state index in [-0.39, 0.29) is 13.0 Å². The molecule has 0 unspecified atom stereocenters. The topological polar surface area (TPSA) is 110 Å². The number of esters is 1. The van der Waals surface area contributed by atoms with Crippen LogP contribution in [0, 0.1) is 0 Å². The van der Waals surface area contributed by atoms with Crippen LogP contribution in [0.1, 0.15) is 19.4 Å². The van der Waals surface area contributed by atoms with Crippen molar-refractivity contribution in [3.8, 4) is 0 Å². The first-order valence-electron chi connectivity index (χ1n) is 8.74. The van der Waals surface area contributed by atoms with Crippen LogP contribution in [0.3, 0.4) is 0 Å². The van der Waals surface area contributed by atoms with E-state index < -0.39 is 35.9 Å². The monoisotopic (exact) mass is 376 g/mol. The predicted molar refractivity (Wildman–Crippen MR) is 96.9 cm³/mol. The predicted octanol–water partition coefficient (Wildman–Crippen LogP) is 0.881. The Morgan fingerprint density at radius 1 is 1.41 bits per heavy atom. The number of benzene rings is 1. The Hall–Kier alpha value is -2.42. The Bertz CT molecular complexity index is 830. The van der Waals surface area contributed by atoms with E-state index in [1.165, 1.54) is 7.11 Å². The summed E-state index contributed by atoms with van der Waals surface area (Å²) >= 11 is 0. The molecule has 3 N–H and O–H groups in total. The van der Waals surface area contributed by atoms with Crippen LogP contribution in [0.4, 0.5) is 0 Å². The number of nitrogens with one attached hydrogen (secondary N) is 2. The van der Waals surface area contributed by atoms with Gasteiger partial charge < -0.3 is 29.6 Å². The highest BCUT2D eigenvalue weighted by atomic mass is 16.7. The molecule has 0 saturated carbocycles. The largest absolute Gasteiger partial charge is 0.467 e. The Morgan fingerprint density at radius 2 is 2.15 bits per heavy atom. The van der Waals surface area contributed by atoms with Gasteiger partial charge in [0.15, 0.2) is 11.9 Å². The van der Waals surface area contributed by atoms with Crippen molar-refractivity contribution in [2.75, 3.05) is 13.7 Å². The fraction of sp³-hybridized carbons (Fsp3) is 0.474. The number of fused-ring (bicyclic) bond motifs is 1. The van der Waals surface area contributed by atoms with Gasteiger partial charge in [0.25, 0.3) is 5.91 Å². The number of para-hydroxylation sites is 1. The molecule has 0 bridgehead atoms. The Labute approximate surface area is 156 Å². The molecule has 0 aliphatic carbocycles. The van der Waals surface area contributed by atoms with Crippen molar-refractivity contribution < 1.29 is 28.9 Å². The van der Waals surface area contributed by atoms with Crippen molar-refractivity contribution in [2.24, 2.45) is 0 Å². The number of aromatic nitrogens is 1. The summed E-state index contributed by atoms with van der Waals surface area (Å²) in [7, 11) is 1.25. The molecule has 1 aliphatic rings. The van der Waals surface area contributed by atoms with Gasteiger partial charge >= 0.3 is 5.97 Å². The number of H-pyrrole nitrogens is 1. The Balaban J connectivity index is 1.71. The van der Waals surface area contributed by atoms with Crippen LogP contribution in [0.15, 0.2) is 30.5 Å². The summed E-state index contributed by atoms with van der Waals surface area (Å²) in [6, 6.07) is 6.72. The summed E-state index contributed by atoms with van der Waals surface area (Å²) in [6.45, 7) is 3.49. The lowest BCUT2D eigenvalue weighted by atomic mass is 10.0. The minimum Gasteiger partial charge on any atom is -0.467 e. The minimum absolute atomic E-state index is 0.0902. The number of hydrogen-bond acceptors (Lipinski definition) is 6. The normalized spacial score (nSPS) is 21.0. The van der Waals surface area contributed by atoms with E-state index in [2.05, 4.69) is 10.3 Å². The van der Waals surface area contributed by atoms with Gasteiger partial charge in [-0.25, -0.2) is 4.79 Å². The number of carbonyl (C=O) groups excluding carboxylic acids is 2. The molecule has 1 fully saturated rings. The second-order valence-electron chi connectivity index (χ2n) is 6.96. The van der Waals surface area contributed by atoms with Crippen molar-refractivity contribution in [1.29, 1.82) is 0 Å². The second-order valence-corrected chi connectivity index (χ2v) is 6.96. The number of carbonyl (C=O) groups is 2. The SMILES string of the molecule is COC(=O)[C@@H](Cc1c[nH]c2ccccc12)NC(=O)[C@H](O)[C@@H]1COC(C)(C)O1. The van der Waals surface area contributed by atoms with Crippen LogP contribution in [0.2, 0.25) is 0 Å². The number of aliphatic hydroxyl groups excluding tert-OH is 1. The van der Waals surface area contributed by atoms with Gasteiger partial charge in [-0.3, -0.25) is 4.79 Å². The molecule has 0 spiro atoms. The average molecular weight is 376 g/mol. The maximum Gasteiger partial charge on any atom is 0.328 e. The third kappa shape index (κ3) is 4.29.